The number of nitrogens with two attached hydrogens (primary N) is 1. The highest BCUT2D eigenvalue weighted by molar-refractivity contribution is 5.92. The van der Waals surface area contributed by atoms with E-state index in [9.17, 15) is 4.79 Å². The van der Waals surface area contributed by atoms with E-state index in [-0.39, 0.29) is 5.76 Å². The number of amides is 1. The van der Waals surface area contributed by atoms with Crippen LogP contribution in [0.3, 0.4) is 0 Å². The van der Waals surface area contributed by atoms with Crippen LogP contribution in [0.1, 0.15) is 28.2 Å². The molecule has 6 heteroatoms. The molecule has 1 amide bonds. The number of hydrogen-bond acceptors (Lipinski definition) is 5. The number of methoxy groups -OCH3 is 2. The lowest BCUT2D eigenvalue weighted by Crippen LogP contribution is -2.30. The molecule has 0 aliphatic heterocycles. The largest absolute Gasteiger partial charge is 0.450 e. The van der Waals surface area contributed by atoms with Gasteiger partial charge in [0, 0.05) is 19.8 Å². The van der Waals surface area contributed by atoms with Gasteiger partial charge < -0.3 is 13.9 Å². The van der Waals surface area contributed by atoms with Crippen molar-refractivity contribution in [1.29, 1.82) is 0 Å². The van der Waals surface area contributed by atoms with E-state index in [0.717, 1.165) is 0 Å². The SMILES string of the molecule is COC(OC)c1cc(C)c(C(=O)NN)o1. The summed E-state index contributed by atoms with van der Waals surface area (Å²) in [5.41, 5.74) is 2.67. The van der Waals surface area contributed by atoms with Crippen molar-refractivity contribution in [3.05, 3.63) is 23.2 Å². The zero-order valence-electron chi connectivity index (χ0n) is 8.87. The second-order valence-corrected chi connectivity index (χ2v) is 2.94. The lowest BCUT2D eigenvalue weighted by Gasteiger charge is -2.09. The van der Waals surface area contributed by atoms with Crippen LogP contribution >= 0.6 is 0 Å². The monoisotopic (exact) mass is 214 g/mol. The summed E-state index contributed by atoms with van der Waals surface area (Å²) in [6.45, 7) is 1.74. The Bertz CT molecular complexity index is 344. The zero-order chi connectivity index (χ0) is 11.4. The molecule has 1 aromatic heterocycles. The van der Waals surface area contributed by atoms with Gasteiger partial charge in [0.05, 0.1) is 0 Å². The number of carbonyl (C=O) groups excluding carboxylic acids is 1. The molecule has 0 fully saturated rings. The Morgan fingerprint density at radius 2 is 2.13 bits per heavy atom. The van der Waals surface area contributed by atoms with Gasteiger partial charge in [-0.25, -0.2) is 5.84 Å². The minimum absolute atomic E-state index is 0.159. The molecule has 6 nitrogen and oxygen atoms in total. The minimum atomic E-state index is -0.622. The van der Waals surface area contributed by atoms with Crippen LogP contribution in [0.25, 0.3) is 0 Å². The molecule has 1 heterocycles. The first kappa shape index (κ1) is 11.7. The van der Waals surface area contributed by atoms with E-state index in [4.69, 9.17) is 19.7 Å². The first-order valence-corrected chi connectivity index (χ1v) is 4.30. The molecule has 0 aliphatic carbocycles. The van der Waals surface area contributed by atoms with Crippen molar-refractivity contribution in [2.24, 2.45) is 5.84 Å². The van der Waals surface area contributed by atoms with E-state index in [2.05, 4.69) is 0 Å². The van der Waals surface area contributed by atoms with Crippen LogP contribution in [0, 0.1) is 6.92 Å². The fourth-order valence-electron chi connectivity index (χ4n) is 1.24. The van der Waals surface area contributed by atoms with Gasteiger partial charge in [0.2, 0.25) is 6.29 Å². The summed E-state index contributed by atoms with van der Waals surface area (Å²) in [5, 5.41) is 0. The Labute approximate surface area is 87.3 Å². The third-order valence-electron chi connectivity index (χ3n) is 1.93. The number of rotatable bonds is 4. The van der Waals surface area contributed by atoms with Crippen molar-refractivity contribution in [2.45, 2.75) is 13.2 Å². The van der Waals surface area contributed by atoms with Crippen LogP contribution in [0.5, 0.6) is 0 Å². The number of carbonyl (C=O) groups is 1. The van der Waals surface area contributed by atoms with Crippen LogP contribution in [-0.2, 0) is 9.47 Å². The highest BCUT2D eigenvalue weighted by Gasteiger charge is 2.20. The third-order valence-corrected chi connectivity index (χ3v) is 1.93. The average molecular weight is 214 g/mol. The molecule has 84 valence electrons. The molecule has 0 bridgehead atoms. The molecular formula is C9H14N2O4. The van der Waals surface area contributed by atoms with Gasteiger partial charge in [-0.3, -0.25) is 10.2 Å². The predicted molar refractivity (Wildman–Crippen MR) is 51.9 cm³/mol. The Kier molecular flexibility index (Phi) is 3.84. The zero-order valence-corrected chi connectivity index (χ0v) is 8.87. The molecule has 0 unspecified atom stereocenters. The maximum Gasteiger partial charge on any atom is 0.301 e. The summed E-state index contributed by atoms with van der Waals surface area (Å²) in [4.78, 5) is 11.2. The van der Waals surface area contributed by atoms with E-state index in [1.54, 1.807) is 13.0 Å². The van der Waals surface area contributed by atoms with Gasteiger partial charge in [-0.1, -0.05) is 0 Å². The Balaban J connectivity index is 2.99. The van der Waals surface area contributed by atoms with Crippen LogP contribution in [-0.4, -0.2) is 20.1 Å². The number of hydrogen-bond donors (Lipinski definition) is 2. The fourth-order valence-corrected chi connectivity index (χ4v) is 1.24. The molecule has 0 spiro atoms. The highest BCUT2D eigenvalue weighted by Crippen LogP contribution is 2.23. The molecule has 0 aromatic carbocycles. The van der Waals surface area contributed by atoms with Crippen molar-refractivity contribution >= 4 is 5.91 Å². The topological polar surface area (TPSA) is 86.7 Å². The first-order valence-electron chi connectivity index (χ1n) is 4.30. The van der Waals surface area contributed by atoms with E-state index in [1.807, 2.05) is 5.43 Å². The van der Waals surface area contributed by atoms with Crippen molar-refractivity contribution in [2.75, 3.05) is 14.2 Å². The van der Waals surface area contributed by atoms with E-state index >= 15 is 0 Å². The van der Waals surface area contributed by atoms with Gasteiger partial charge in [-0.05, 0) is 13.0 Å². The number of hydrazine groups is 1. The Morgan fingerprint density at radius 3 is 2.60 bits per heavy atom. The highest BCUT2D eigenvalue weighted by atomic mass is 16.7. The number of nitrogens with one attached hydrogen (secondary N) is 1. The maximum absolute atomic E-state index is 11.2. The molecule has 0 aliphatic rings. The van der Waals surface area contributed by atoms with Crippen molar-refractivity contribution in [1.82, 2.24) is 5.43 Å². The van der Waals surface area contributed by atoms with Gasteiger partial charge in [0.1, 0.15) is 0 Å². The third kappa shape index (κ3) is 2.35. The summed E-state index contributed by atoms with van der Waals surface area (Å²) < 4.78 is 15.2. The maximum atomic E-state index is 11.2. The Morgan fingerprint density at radius 1 is 1.53 bits per heavy atom. The van der Waals surface area contributed by atoms with Crippen LogP contribution in [0.4, 0.5) is 0 Å². The molecule has 1 rings (SSSR count). The standard InChI is InChI=1S/C9H14N2O4/c1-5-4-6(9(13-2)14-3)15-7(5)8(12)11-10/h4,9H,10H2,1-3H3,(H,11,12). The van der Waals surface area contributed by atoms with Crippen molar-refractivity contribution in [3.8, 4) is 0 Å². The van der Waals surface area contributed by atoms with E-state index < -0.39 is 12.2 Å². The predicted octanol–water partition coefficient (Wildman–Crippen LogP) is 0.483. The van der Waals surface area contributed by atoms with Gasteiger partial charge in [0.25, 0.3) is 0 Å². The molecule has 15 heavy (non-hydrogen) atoms. The van der Waals surface area contributed by atoms with Gasteiger partial charge in [-0.2, -0.15) is 0 Å². The molecule has 0 saturated carbocycles. The van der Waals surface area contributed by atoms with Crippen LogP contribution < -0.4 is 11.3 Å². The van der Waals surface area contributed by atoms with Gasteiger partial charge >= 0.3 is 5.91 Å². The lowest BCUT2D eigenvalue weighted by atomic mass is 10.2. The average Bonchev–Trinajstić information content (AvgIpc) is 2.61. The van der Waals surface area contributed by atoms with Crippen LogP contribution in [0.15, 0.2) is 10.5 Å². The molecule has 3 N–H and O–H groups in total. The lowest BCUT2D eigenvalue weighted by molar-refractivity contribution is -0.118. The summed E-state index contributed by atoms with van der Waals surface area (Å²) >= 11 is 0. The van der Waals surface area contributed by atoms with Crippen molar-refractivity contribution < 1.29 is 18.7 Å². The summed E-state index contributed by atoms with van der Waals surface area (Å²) in [5.74, 6) is 5.11. The number of aryl methyl sites for hydroxylation is 1. The number of nitrogen functional groups attached to an aromatic ring is 1. The second kappa shape index (κ2) is 4.92. The quantitative estimate of drug-likeness (QED) is 0.329. The second-order valence-electron chi connectivity index (χ2n) is 2.94. The molecule has 0 saturated heterocycles. The van der Waals surface area contributed by atoms with Crippen molar-refractivity contribution in [3.63, 3.8) is 0 Å². The summed E-state index contributed by atoms with van der Waals surface area (Å²) in [7, 11) is 2.96. The minimum Gasteiger partial charge on any atom is -0.450 e. The smallest absolute Gasteiger partial charge is 0.301 e. The van der Waals surface area contributed by atoms with Gasteiger partial charge in [-0.15, -0.1) is 0 Å². The number of furan rings is 1. The van der Waals surface area contributed by atoms with Crippen LogP contribution in [0.2, 0.25) is 0 Å². The van der Waals surface area contributed by atoms with Gasteiger partial charge in [0.15, 0.2) is 11.5 Å². The summed E-state index contributed by atoms with van der Waals surface area (Å²) in [6, 6.07) is 1.67. The molecule has 1 aromatic rings. The van der Waals surface area contributed by atoms with E-state index in [0.29, 0.717) is 11.3 Å². The first-order chi connectivity index (χ1) is 7.13. The molecular weight excluding hydrogens is 200 g/mol. The number of ether oxygens (including phenoxy) is 2. The fraction of sp³-hybridized carbons (Fsp3) is 0.444. The molecule has 0 atom stereocenters. The Hall–Kier alpha value is -1.37. The molecule has 0 radical (unpaired) electrons. The van der Waals surface area contributed by atoms with E-state index in [1.165, 1.54) is 14.2 Å². The normalized spacial score (nSPS) is 10.7. The summed E-state index contributed by atoms with van der Waals surface area (Å²) in [6.07, 6.45) is -0.622.